The van der Waals surface area contributed by atoms with Crippen LogP contribution in [-0.4, -0.2) is 27.0 Å². The summed E-state index contributed by atoms with van der Waals surface area (Å²) in [6, 6.07) is 57.8. The van der Waals surface area contributed by atoms with Crippen molar-refractivity contribution in [3.8, 4) is 34.2 Å². The molecule has 7 aromatic rings. The molecule has 1 aromatic heterocycles. The zero-order chi connectivity index (χ0) is 37.0. The van der Waals surface area contributed by atoms with Gasteiger partial charge in [0.25, 0.3) is 0 Å². The molecule has 5 heteroatoms. The second-order valence-electron chi connectivity index (χ2n) is 14.8. The molecule has 266 valence electrons. The van der Waals surface area contributed by atoms with Gasteiger partial charge in [0.2, 0.25) is 0 Å². The van der Waals surface area contributed by atoms with Gasteiger partial charge >= 0.3 is 0 Å². The average molecular weight is 720 g/mol. The van der Waals surface area contributed by atoms with Crippen molar-refractivity contribution in [3.05, 3.63) is 223 Å². The summed E-state index contributed by atoms with van der Waals surface area (Å²) >= 11 is 0. The van der Waals surface area contributed by atoms with E-state index in [2.05, 4.69) is 149 Å². The Labute approximate surface area is 327 Å². The van der Waals surface area contributed by atoms with Gasteiger partial charge in [-0.15, -0.1) is 0 Å². The first kappa shape index (κ1) is 32.3. The summed E-state index contributed by atoms with van der Waals surface area (Å²) in [5.41, 5.74) is 13.0. The Kier molecular flexibility index (Phi) is 7.69. The third-order valence-electron chi connectivity index (χ3n) is 11.6. The normalized spacial score (nSPS) is 20.1. The Bertz CT molecular complexity index is 2680. The number of rotatable bonds is 6. The molecule has 0 saturated carbocycles. The lowest BCUT2D eigenvalue weighted by molar-refractivity contribution is 0.730. The summed E-state index contributed by atoms with van der Waals surface area (Å²) in [5, 5.41) is 0. The fourth-order valence-corrected chi connectivity index (χ4v) is 9.01. The highest BCUT2D eigenvalue weighted by molar-refractivity contribution is 5.80. The predicted octanol–water partition coefficient (Wildman–Crippen LogP) is 11.8. The monoisotopic (exact) mass is 719 g/mol. The number of benzene rings is 6. The maximum Gasteiger partial charge on any atom is 0.164 e. The van der Waals surface area contributed by atoms with Crippen LogP contribution in [0.25, 0.3) is 34.2 Å². The number of fused-ring (bicyclic) bond motifs is 6. The first-order valence-corrected chi connectivity index (χ1v) is 19.4. The van der Waals surface area contributed by atoms with Crippen molar-refractivity contribution in [2.24, 2.45) is 0 Å². The Morgan fingerprint density at radius 1 is 0.375 bits per heavy atom. The summed E-state index contributed by atoms with van der Waals surface area (Å²) in [7, 11) is 0. The molecule has 6 aromatic carbocycles. The van der Waals surface area contributed by atoms with Gasteiger partial charge < -0.3 is 9.80 Å². The second-order valence-corrected chi connectivity index (χ2v) is 14.8. The fourth-order valence-electron chi connectivity index (χ4n) is 9.01. The lowest BCUT2D eigenvalue weighted by Gasteiger charge is -2.32. The third kappa shape index (κ3) is 5.43. The highest BCUT2D eigenvalue weighted by Crippen LogP contribution is 2.52. The molecule has 56 heavy (non-hydrogen) atoms. The molecule has 0 amide bonds. The second kappa shape index (κ2) is 13.3. The quantitative estimate of drug-likeness (QED) is 0.171. The van der Waals surface area contributed by atoms with Crippen molar-refractivity contribution in [2.75, 3.05) is 9.80 Å². The van der Waals surface area contributed by atoms with Crippen molar-refractivity contribution < 1.29 is 0 Å². The molecule has 0 N–H and O–H groups in total. The maximum absolute atomic E-state index is 5.03. The molecule has 0 radical (unpaired) electrons. The van der Waals surface area contributed by atoms with Crippen LogP contribution in [0.5, 0.6) is 0 Å². The Morgan fingerprint density at radius 2 is 0.786 bits per heavy atom. The molecule has 4 atom stereocenters. The van der Waals surface area contributed by atoms with Crippen molar-refractivity contribution in [2.45, 2.75) is 23.9 Å². The topological polar surface area (TPSA) is 45.2 Å². The molecule has 0 saturated heterocycles. The number of hydrogen-bond acceptors (Lipinski definition) is 5. The SMILES string of the molecule is C1=CC2C(C=C1C1=CC3c4ccccc4N(c4cccc(-c5nc(-c6ccccc6)nc(-c6ccccc6)n5)c4)C3C=C1)c1ccccc1N2c1ccccc1. The van der Waals surface area contributed by atoms with Crippen molar-refractivity contribution >= 4 is 22.7 Å². The van der Waals surface area contributed by atoms with Crippen LogP contribution in [0.4, 0.5) is 22.7 Å². The lowest BCUT2D eigenvalue weighted by Crippen LogP contribution is -2.30. The minimum atomic E-state index is 0.131. The maximum atomic E-state index is 5.03. The van der Waals surface area contributed by atoms with Gasteiger partial charge in [-0.25, -0.2) is 15.0 Å². The number of nitrogens with zero attached hydrogens (tertiary/aromatic N) is 5. The van der Waals surface area contributed by atoms with Crippen LogP contribution < -0.4 is 9.80 Å². The van der Waals surface area contributed by atoms with Crippen LogP contribution in [0.15, 0.2) is 211 Å². The first-order chi connectivity index (χ1) is 27.8. The van der Waals surface area contributed by atoms with Gasteiger partial charge in [-0.1, -0.05) is 164 Å². The highest BCUT2D eigenvalue weighted by atomic mass is 15.2. The molecule has 0 spiro atoms. The summed E-state index contributed by atoms with van der Waals surface area (Å²) in [4.78, 5) is 20.0. The summed E-state index contributed by atoms with van der Waals surface area (Å²) in [5.74, 6) is 2.44. The van der Waals surface area contributed by atoms with E-state index >= 15 is 0 Å². The van der Waals surface area contributed by atoms with Gasteiger partial charge in [0.05, 0.1) is 12.1 Å². The summed E-state index contributed by atoms with van der Waals surface area (Å²) in [6.07, 6.45) is 14.5. The van der Waals surface area contributed by atoms with Crippen LogP contribution >= 0.6 is 0 Å². The van der Waals surface area contributed by atoms with Crippen LogP contribution in [0.2, 0.25) is 0 Å². The molecule has 0 bridgehead atoms. The summed E-state index contributed by atoms with van der Waals surface area (Å²) in [6.45, 7) is 0. The van der Waals surface area contributed by atoms with Gasteiger partial charge in [0.1, 0.15) is 0 Å². The zero-order valence-corrected chi connectivity index (χ0v) is 30.6. The van der Waals surface area contributed by atoms with E-state index in [0.29, 0.717) is 17.5 Å². The van der Waals surface area contributed by atoms with Crippen LogP contribution in [0, 0.1) is 0 Å². The zero-order valence-electron chi connectivity index (χ0n) is 30.6. The number of para-hydroxylation sites is 3. The fraction of sp³-hybridized carbons (Fsp3) is 0.0784. The van der Waals surface area contributed by atoms with Gasteiger partial charge in [0, 0.05) is 51.3 Å². The van der Waals surface area contributed by atoms with Crippen molar-refractivity contribution in [1.29, 1.82) is 0 Å². The van der Waals surface area contributed by atoms with E-state index < -0.39 is 0 Å². The third-order valence-corrected chi connectivity index (χ3v) is 11.6. The Hall–Kier alpha value is -7.11. The molecule has 2 aliphatic carbocycles. The first-order valence-electron chi connectivity index (χ1n) is 19.4. The molecular formula is C51H37N5. The number of anilines is 4. The molecule has 4 unspecified atom stereocenters. The van der Waals surface area contributed by atoms with Gasteiger partial charge in [-0.05, 0) is 58.7 Å². The molecule has 3 heterocycles. The largest absolute Gasteiger partial charge is 0.333 e. The smallest absolute Gasteiger partial charge is 0.164 e. The molecule has 4 aliphatic rings. The van der Waals surface area contributed by atoms with Crippen LogP contribution in [0.1, 0.15) is 23.0 Å². The van der Waals surface area contributed by atoms with Gasteiger partial charge in [0.15, 0.2) is 17.5 Å². The molecule has 5 nitrogen and oxygen atoms in total. The Balaban J connectivity index is 0.943. The lowest BCUT2D eigenvalue weighted by atomic mass is 9.82. The van der Waals surface area contributed by atoms with E-state index in [4.69, 9.17) is 15.0 Å². The minimum absolute atomic E-state index is 0.131. The summed E-state index contributed by atoms with van der Waals surface area (Å²) < 4.78 is 0. The average Bonchev–Trinajstić information content (AvgIpc) is 3.79. The molecule has 11 rings (SSSR count). The van der Waals surface area contributed by atoms with Crippen LogP contribution in [0.3, 0.4) is 0 Å². The standard InChI is InChI=1S/C51H37N5/c1-4-15-34(16-5-1)49-52-50(35-17-6-2-7-18-35)54-51(53-49)38-19-14-22-40(31-38)56-46-26-13-11-24-42(46)44-33-37(28-30-48(44)56)36-27-29-47-43(32-36)41-23-10-12-25-45(41)55(47)39-20-8-3-9-21-39/h1-33,43-44,47-48H. The number of hydrogen-bond donors (Lipinski definition) is 0. The predicted molar refractivity (Wildman–Crippen MR) is 227 cm³/mol. The molecule has 0 fully saturated rings. The van der Waals surface area contributed by atoms with Gasteiger partial charge in [-0.3, -0.25) is 0 Å². The van der Waals surface area contributed by atoms with E-state index in [1.807, 2.05) is 60.7 Å². The Morgan fingerprint density at radius 3 is 1.32 bits per heavy atom. The van der Waals surface area contributed by atoms with Gasteiger partial charge in [-0.2, -0.15) is 0 Å². The highest BCUT2D eigenvalue weighted by Gasteiger charge is 2.41. The van der Waals surface area contributed by atoms with E-state index in [0.717, 1.165) is 22.4 Å². The molecule has 2 aliphatic heterocycles. The van der Waals surface area contributed by atoms with E-state index in [-0.39, 0.29) is 23.9 Å². The minimum Gasteiger partial charge on any atom is -0.333 e. The number of aromatic nitrogens is 3. The van der Waals surface area contributed by atoms with E-state index in [1.165, 1.54) is 39.3 Å². The van der Waals surface area contributed by atoms with Crippen molar-refractivity contribution in [1.82, 2.24) is 15.0 Å². The van der Waals surface area contributed by atoms with Crippen LogP contribution in [-0.2, 0) is 0 Å². The molecular weight excluding hydrogens is 683 g/mol. The van der Waals surface area contributed by atoms with E-state index in [1.54, 1.807) is 0 Å². The van der Waals surface area contributed by atoms with E-state index in [9.17, 15) is 0 Å². The van der Waals surface area contributed by atoms with Crippen molar-refractivity contribution in [3.63, 3.8) is 0 Å². The number of allylic oxidation sites excluding steroid dienone is 4.